The van der Waals surface area contributed by atoms with Crippen LogP contribution in [0.15, 0.2) is 98.6 Å². The van der Waals surface area contributed by atoms with E-state index in [-0.39, 0.29) is 11.3 Å². The number of hydrogen-bond donors (Lipinski definition) is 1. The molecule has 5 nitrogen and oxygen atoms in total. The van der Waals surface area contributed by atoms with Crippen molar-refractivity contribution in [1.29, 1.82) is 0 Å². The van der Waals surface area contributed by atoms with Crippen LogP contribution >= 0.6 is 11.8 Å². The van der Waals surface area contributed by atoms with E-state index in [1.807, 2.05) is 55.7 Å². The van der Waals surface area contributed by atoms with Crippen LogP contribution in [0, 0.1) is 16.7 Å². The minimum Gasteiger partial charge on any atom is -0.354 e. The lowest BCUT2D eigenvalue weighted by Gasteiger charge is -2.29. The lowest BCUT2D eigenvalue weighted by molar-refractivity contribution is -0.128. The molecule has 3 heterocycles. The van der Waals surface area contributed by atoms with Crippen molar-refractivity contribution in [1.82, 2.24) is 10.3 Å². The van der Waals surface area contributed by atoms with Crippen LogP contribution in [0.3, 0.4) is 0 Å². The van der Waals surface area contributed by atoms with Crippen molar-refractivity contribution < 1.29 is 4.79 Å². The van der Waals surface area contributed by atoms with Gasteiger partial charge in [-0.05, 0) is 37.6 Å². The fraction of sp³-hybridized carbons (Fsp3) is 0.259. The van der Waals surface area contributed by atoms with Gasteiger partial charge in [0, 0.05) is 58.3 Å². The normalized spacial score (nSPS) is 28.9. The first-order chi connectivity index (χ1) is 16.1. The third-order valence-corrected chi connectivity index (χ3v) is 8.14. The summed E-state index contributed by atoms with van der Waals surface area (Å²) >= 11 is 1.71. The number of benzene rings is 1. The highest BCUT2D eigenvalue weighted by Crippen LogP contribution is 2.54. The maximum Gasteiger partial charge on any atom is 0.230 e. The Morgan fingerprint density at radius 3 is 2.91 bits per heavy atom. The molecule has 0 spiro atoms. The molecule has 1 fully saturated rings. The predicted octanol–water partition coefficient (Wildman–Crippen LogP) is 4.92. The van der Waals surface area contributed by atoms with Crippen molar-refractivity contribution in [2.24, 2.45) is 26.7 Å². The molecule has 6 rings (SSSR count). The number of amides is 1. The summed E-state index contributed by atoms with van der Waals surface area (Å²) < 4.78 is 0. The summed E-state index contributed by atoms with van der Waals surface area (Å²) in [6.07, 6.45) is 13.5. The van der Waals surface area contributed by atoms with Gasteiger partial charge in [-0.2, -0.15) is 0 Å². The standard InChI is InChI=1S/C27H24N4OS/c1-26(25(32)30-17-27-11-13-28-16-18(27)14-27)10-9-23-21(15-26)31-24(20-7-4-5-12-29-20)19-6-2-3-8-22(19)33-23/h2-13,16,18H,14-15,17H2,1H3,(H,30,32). The van der Waals surface area contributed by atoms with E-state index >= 15 is 0 Å². The molecular weight excluding hydrogens is 428 g/mol. The highest BCUT2D eigenvalue weighted by atomic mass is 32.2. The molecule has 6 heteroatoms. The van der Waals surface area contributed by atoms with Gasteiger partial charge in [0.05, 0.1) is 22.5 Å². The number of aromatic nitrogens is 1. The number of fused-ring (bicyclic) bond motifs is 2. The topological polar surface area (TPSA) is 66.7 Å². The van der Waals surface area contributed by atoms with Crippen LogP contribution in [0.4, 0.5) is 0 Å². The average Bonchev–Trinajstić information content (AvgIpc) is 3.60. The number of nitrogens with zero attached hydrogens (tertiary/aromatic N) is 3. The number of carbonyl (C=O) groups excluding carboxylic acids is 1. The Hall–Kier alpha value is -3.25. The largest absolute Gasteiger partial charge is 0.354 e. The van der Waals surface area contributed by atoms with Crippen LogP contribution in [-0.4, -0.2) is 29.4 Å². The molecule has 0 radical (unpaired) electrons. The van der Waals surface area contributed by atoms with Crippen LogP contribution < -0.4 is 5.32 Å². The van der Waals surface area contributed by atoms with Gasteiger partial charge in [0.1, 0.15) is 0 Å². The first-order valence-corrected chi connectivity index (χ1v) is 12.1. The third-order valence-electron chi connectivity index (χ3n) is 6.97. The van der Waals surface area contributed by atoms with Gasteiger partial charge in [0.2, 0.25) is 5.91 Å². The molecule has 0 saturated heterocycles. The molecule has 164 valence electrons. The van der Waals surface area contributed by atoms with Gasteiger partial charge in [-0.25, -0.2) is 4.99 Å². The molecule has 2 aromatic rings. The van der Waals surface area contributed by atoms with Gasteiger partial charge in [-0.15, -0.1) is 0 Å². The van der Waals surface area contributed by atoms with Crippen molar-refractivity contribution in [2.45, 2.75) is 24.7 Å². The molecule has 1 aromatic heterocycles. The van der Waals surface area contributed by atoms with Crippen molar-refractivity contribution in [2.75, 3.05) is 6.54 Å². The number of carbonyl (C=O) groups is 1. The zero-order valence-corrected chi connectivity index (χ0v) is 19.2. The Bertz CT molecular complexity index is 1290. The molecule has 1 N–H and O–H groups in total. The van der Waals surface area contributed by atoms with Crippen LogP contribution in [0.5, 0.6) is 0 Å². The second-order valence-corrected chi connectivity index (χ2v) is 10.4. The number of nitrogens with one attached hydrogen (secondary N) is 1. The van der Waals surface area contributed by atoms with E-state index in [0.717, 1.165) is 38.9 Å². The Kier molecular flexibility index (Phi) is 4.73. The molecule has 4 aliphatic rings. The molecule has 2 aliphatic heterocycles. The Labute approximate surface area is 197 Å². The Balaban J connectivity index is 1.29. The SMILES string of the molecule is CC1(C(=O)NCC23C=CN=CC2C3)C=CC2=C(C1)N=C(c1ccccn1)c1ccccc1S2. The summed E-state index contributed by atoms with van der Waals surface area (Å²) in [5, 5.41) is 3.22. The lowest BCUT2D eigenvalue weighted by atomic mass is 9.81. The lowest BCUT2D eigenvalue weighted by Crippen LogP contribution is -2.41. The summed E-state index contributed by atoms with van der Waals surface area (Å²) in [5.74, 6) is 0.497. The first-order valence-electron chi connectivity index (χ1n) is 11.3. The zero-order valence-electron chi connectivity index (χ0n) is 18.4. The maximum absolute atomic E-state index is 13.3. The van der Waals surface area contributed by atoms with Gasteiger partial charge in [0.25, 0.3) is 0 Å². The number of aliphatic imine (C=N–C) groups is 2. The molecule has 1 saturated carbocycles. The number of hydrogen-bond acceptors (Lipinski definition) is 5. The minimum absolute atomic E-state index is 0.0441. The highest BCUT2D eigenvalue weighted by Gasteiger charge is 2.52. The molecule has 1 amide bonds. The summed E-state index contributed by atoms with van der Waals surface area (Å²) in [6, 6.07) is 14.2. The third kappa shape index (κ3) is 3.59. The molecule has 1 aromatic carbocycles. The van der Waals surface area contributed by atoms with E-state index < -0.39 is 5.41 Å². The van der Waals surface area contributed by atoms with Crippen LogP contribution in [-0.2, 0) is 4.79 Å². The van der Waals surface area contributed by atoms with E-state index in [2.05, 4.69) is 39.6 Å². The van der Waals surface area contributed by atoms with Gasteiger partial charge >= 0.3 is 0 Å². The maximum atomic E-state index is 13.3. The molecular formula is C27H24N4OS. The smallest absolute Gasteiger partial charge is 0.230 e. The molecule has 33 heavy (non-hydrogen) atoms. The van der Waals surface area contributed by atoms with E-state index in [1.54, 1.807) is 18.0 Å². The minimum atomic E-state index is -0.651. The van der Waals surface area contributed by atoms with Crippen molar-refractivity contribution in [3.8, 4) is 0 Å². The summed E-state index contributed by atoms with van der Waals surface area (Å²) in [7, 11) is 0. The van der Waals surface area contributed by atoms with Gasteiger partial charge < -0.3 is 5.32 Å². The number of pyridine rings is 1. The predicted molar refractivity (Wildman–Crippen MR) is 132 cm³/mol. The fourth-order valence-corrected chi connectivity index (χ4v) is 5.78. The van der Waals surface area contributed by atoms with Gasteiger partial charge in [-0.1, -0.05) is 48.2 Å². The highest BCUT2D eigenvalue weighted by molar-refractivity contribution is 8.03. The van der Waals surface area contributed by atoms with Gasteiger partial charge in [-0.3, -0.25) is 14.8 Å². The van der Waals surface area contributed by atoms with Crippen molar-refractivity contribution in [3.05, 3.63) is 94.9 Å². The second kappa shape index (κ2) is 7.66. The van der Waals surface area contributed by atoms with Crippen molar-refractivity contribution in [3.63, 3.8) is 0 Å². The molecule has 2 aliphatic carbocycles. The summed E-state index contributed by atoms with van der Waals surface area (Å²) in [4.78, 5) is 29.5. The molecule has 3 atom stereocenters. The van der Waals surface area contributed by atoms with E-state index in [9.17, 15) is 4.79 Å². The molecule has 3 unspecified atom stereocenters. The number of rotatable bonds is 4. The average molecular weight is 453 g/mol. The zero-order chi connectivity index (χ0) is 22.5. The Morgan fingerprint density at radius 2 is 2.06 bits per heavy atom. The van der Waals surface area contributed by atoms with Crippen LogP contribution in [0.2, 0.25) is 0 Å². The quantitative estimate of drug-likeness (QED) is 0.716. The van der Waals surface area contributed by atoms with Crippen LogP contribution in [0.25, 0.3) is 0 Å². The van der Waals surface area contributed by atoms with Gasteiger partial charge in [0.15, 0.2) is 0 Å². The van der Waals surface area contributed by atoms with Crippen LogP contribution in [0.1, 0.15) is 31.0 Å². The van der Waals surface area contributed by atoms with Crippen molar-refractivity contribution >= 4 is 29.6 Å². The number of allylic oxidation sites excluding steroid dienone is 2. The Morgan fingerprint density at radius 1 is 1.18 bits per heavy atom. The monoisotopic (exact) mass is 452 g/mol. The summed E-state index contributed by atoms with van der Waals surface area (Å²) in [6.45, 7) is 2.65. The summed E-state index contributed by atoms with van der Waals surface area (Å²) in [5.41, 5.74) is 3.10. The van der Waals surface area contributed by atoms with E-state index in [0.29, 0.717) is 18.9 Å². The van der Waals surface area contributed by atoms with E-state index in [1.165, 1.54) is 0 Å². The first kappa shape index (κ1) is 20.4. The fourth-order valence-electron chi connectivity index (χ4n) is 4.75. The molecule has 0 bridgehead atoms. The van der Waals surface area contributed by atoms with E-state index in [4.69, 9.17) is 4.99 Å². The number of thioether (sulfide) groups is 1. The second-order valence-electron chi connectivity index (χ2n) is 9.35.